The number of carbonyl (C=O) groups is 1. The summed E-state index contributed by atoms with van der Waals surface area (Å²) in [6.45, 7) is 4.36. The predicted octanol–water partition coefficient (Wildman–Crippen LogP) is 3.67. The van der Waals surface area contributed by atoms with Crippen molar-refractivity contribution in [2.45, 2.75) is 32.9 Å². The van der Waals surface area contributed by atoms with Gasteiger partial charge in [-0.25, -0.2) is 0 Å². The molecule has 0 aliphatic rings. The first kappa shape index (κ1) is 19.0. The lowest BCUT2D eigenvalue weighted by atomic mass is 10.1. The highest BCUT2D eigenvalue weighted by Crippen LogP contribution is 2.19. The van der Waals surface area contributed by atoms with Crippen LogP contribution < -0.4 is 15.8 Å². The van der Waals surface area contributed by atoms with E-state index in [-0.39, 0.29) is 24.4 Å². The molecule has 0 heterocycles. The number of hydrogen-bond donors (Lipinski definition) is 2. The van der Waals surface area contributed by atoms with Crippen LogP contribution in [0.25, 0.3) is 0 Å². The second-order valence-corrected chi connectivity index (χ2v) is 5.54. The van der Waals surface area contributed by atoms with Crippen LogP contribution in [0.3, 0.4) is 0 Å². The van der Waals surface area contributed by atoms with E-state index in [0.29, 0.717) is 18.7 Å². The molecular weight excluding hydrogens is 312 g/mol. The standard InChI is InChI=1S/C18H22N2O2.ClH/c1-13-5-3-6-15(9-13)12-22-17-8-4-7-16(11-17)20-18(21)10-14(2)19;/h3-9,11,14H,10,12,19H2,1-2H3,(H,20,21);1H. The summed E-state index contributed by atoms with van der Waals surface area (Å²) in [5, 5.41) is 2.82. The van der Waals surface area contributed by atoms with E-state index in [1.807, 2.05) is 36.4 Å². The van der Waals surface area contributed by atoms with Gasteiger partial charge < -0.3 is 15.8 Å². The van der Waals surface area contributed by atoms with Crippen molar-refractivity contribution in [1.82, 2.24) is 0 Å². The molecule has 23 heavy (non-hydrogen) atoms. The van der Waals surface area contributed by atoms with Crippen molar-refractivity contribution < 1.29 is 9.53 Å². The minimum Gasteiger partial charge on any atom is -0.489 e. The van der Waals surface area contributed by atoms with Gasteiger partial charge in [0, 0.05) is 24.2 Å². The van der Waals surface area contributed by atoms with Crippen molar-refractivity contribution in [2.24, 2.45) is 5.73 Å². The third-order valence-corrected chi connectivity index (χ3v) is 3.11. The van der Waals surface area contributed by atoms with Gasteiger partial charge in [-0.3, -0.25) is 4.79 Å². The number of rotatable bonds is 6. The second kappa shape index (κ2) is 9.18. The first-order chi connectivity index (χ1) is 10.5. The zero-order chi connectivity index (χ0) is 15.9. The van der Waals surface area contributed by atoms with Gasteiger partial charge in [-0.1, -0.05) is 35.9 Å². The summed E-state index contributed by atoms with van der Waals surface area (Å²) < 4.78 is 5.77. The van der Waals surface area contributed by atoms with Crippen molar-refractivity contribution in [3.63, 3.8) is 0 Å². The van der Waals surface area contributed by atoms with Gasteiger partial charge in [-0.2, -0.15) is 0 Å². The molecule has 2 rings (SSSR count). The minimum atomic E-state index is -0.152. The molecule has 0 aliphatic heterocycles. The van der Waals surface area contributed by atoms with Gasteiger partial charge in [0.2, 0.25) is 5.91 Å². The fourth-order valence-electron chi connectivity index (χ4n) is 2.14. The van der Waals surface area contributed by atoms with Gasteiger partial charge in [-0.15, -0.1) is 12.4 Å². The van der Waals surface area contributed by atoms with Gasteiger partial charge in [-0.05, 0) is 31.5 Å². The molecule has 1 atom stereocenters. The third kappa shape index (κ3) is 6.72. The summed E-state index contributed by atoms with van der Waals surface area (Å²) in [7, 11) is 0. The first-order valence-electron chi connectivity index (χ1n) is 7.37. The van der Waals surface area contributed by atoms with Crippen LogP contribution in [0.5, 0.6) is 5.75 Å². The number of halogens is 1. The quantitative estimate of drug-likeness (QED) is 0.847. The van der Waals surface area contributed by atoms with Crippen molar-refractivity contribution in [1.29, 1.82) is 0 Å². The molecule has 4 nitrogen and oxygen atoms in total. The molecule has 0 fully saturated rings. The van der Waals surface area contributed by atoms with Crippen LogP contribution in [0, 0.1) is 6.92 Å². The average Bonchev–Trinajstić information content (AvgIpc) is 2.44. The molecule has 0 bridgehead atoms. The Morgan fingerprint density at radius 1 is 1.22 bits per heavy atom. The Balaban J connectivity index is 0.00000264. The number of carbonyl (C=O) groups excluding carboxylic acids is 1. The number of benzene rings is 2. The molecule has 0 radical (unpaired) electrons. The van der Waals surface area contributed by atoms with Gasteiger partial charge >= 0.3 is 0 Å². The lowest BCUT2D eigenvalue weighted by Gasteiger charge is -2.10. The highest BCUT2D eigenvalue weighted by molar-refractivity contribution is 5.91. The molecule has 5 heteroatoms. The van der Waals surface area contributed by atoms with Crippen LogP contribution in [-0.4, -0.2) is 11.9 Å². The summed E-state index contributed by atoms with van der Waals surface area (Å²) in [5.74, 6) is 0.630. The Morgan fingerprint density at radius 3 is 2.65 bits per heavy atom. The van der Waals surface area contributed by atoms with Crippen molar-refractivity contribution in [2.75, 3.05) is 5.32 Å². The summed E-state index contributed by atoms with van der Waals surface area (Å²) in [5.41, 5.74) is 8.65. The van der Waals surface area contributed by atoms with Gasteiger partial charge in [0.05, 0.1) is 0 Å². The number of nitrogens with two attached hydrogens (primary N) is 1. The van der Waals surface area contributed by atoms with Crippen LogP contribution in [0.15, 0.2) is 48.5 Å². The fraction of sp³-hybridized carbons (Fsp3) is 0.278. The van der Waals surface area contributed by atoms with Crippen LogP contribution in [-0.2, 0) is 11.4 Å². The lowest BCUT2D eigenvalue weighted by Crippen LogP contribution is -2.23. The Morgan fingerprint density at radius 2 is 1.96 bits per heavy atom. The van der Waals surface area contributed by atoms with E-state index in [1.54, 1.807) is 6.92 Å². The number of aryl methyl sites for hydroxylation is 1. The molecule has 2 aromatic carbocycles. The molecule has 0 aromatic heterocycles. The van der Waals surface area contributed by atoms with Crippen LogP contribution >= 0.6 is 12.4 Å². The molecule has 2 aromatic rings. The van der Waals surface area contributed by atoms with Crippen molar-refractivity contribution in [3.8, 4) is 5.75 Å². The van der Waals surface area contributed by atoms with E-state index in [0.717, 1.165) is 11.3 Å². The molecule has 1 amide bonds. The monoisotopic (exact) mass is 334 g/mol. The lowest BCUT2D eigenvalue weighted by molar-refractivity contribution is -0.116. The Bertz CT molecular complexity index is 644. The van der Waals surface area contributed by atoms with E-state index in [9.17, 15) is 4.79 Å². The molecule has 0 saturated carbocycles. The smallest absolute Gasteiger partial charge is 0.225 e. The predicted molar refractivity (Wildman–Crippen MR) is 96.1 cm³/mol. The molecule has 0 saturated heterocycles. The number of amides is 1. The second-order valence-electron chi connectivity index (χ2n) is 5.54. The van der Waals surface area contributed by atoms with Gasteiger partial charge in [0.1, 0.15) is 12.4 Å². The van der Waals surface area contributed by atoms with E-state index in [2.05, 4.69) is 24.4 Å². The number of hydrogen-bond acceptors (Lipinski definition) is 3. The first-order valence-corrected chi connectivity index (χ1v) is 7.37. The fourth-order valence-corrected chi connectivity index (χ4v) is 2.14. The van der Waals surface area contributed by atoms with Crippen LogP contribution in [0.2, 0.25) is 0 Å². The summed E-state index contributed by atoms with van der Waals surface area (Å²) in [6, 6.07) is 15.4. The summed E-state index contributed by atoms with van der Waals surface area (Å²) in [6.07, 6.45) is 0.300. The molecule has 0 spiro atoms. The Kier molecular flexibility index (Phi) is 7.59. The maximum atomic E-state index is 11.7. The number of anilines is 1. The molecule has 3 N–H and O–H groups in total. The molecular formula is C18H23ClN2O2. The van der Waals surface area contributed by atoms with Gasteiger partial charge in [0.25, 0.3) is 0 Å². The Labute approximate surface area is 143 Å². The zero-order valence-electron chi connectivity index (χ0n) is 13.4. The van der Waals surface area contributed by atoms with E-state index >= 15 is 0 Å². The highest BCUT2D eigenvalue weighted by Gasteiger charge is 2.06. The summed E-state index contributed by atoms with van der Waals surface area (Å²) >= 11 is 0. The maximum Gasteiger partial charge on any atom is 0.225 e. The zero-order valence-corrected chi connectivity index (χ0v) is 14.2. The number of nitrogens with one attached hydrogen (secondary N) is 1. The van der Waals surface area contributed by atoms with Crippen LogP contribution in [0.4, 0.5) is 5.69 Å². The average molecular weight is 335 g/mol. The van der Waals surface area contributed by atoms with Crippen molar-refractivity contribution >= 4 is 24.0 Å². The van der Waals surface area contributed by atoms with E-state index in [4.69, 9.17) is 10.5 Å². The van der Waals surface area contributed by atoms with Crippen LogP contribution in [0.1, 0.15) is 24.5 Å². The molecule has 124 valence electrons. The van der Waals surface area contributed by atoms with Crippen molar-refractivity contribution in [3.05, 3.63) is 59.7 Å². The largest absolute Gasteiger partial charge is 0.489 e. The minimum absolute atomic E-state index is 0. The van der Waals surface area contributed by atoms with E-state index in [1.165, 1.54) is 5.56 Å². The number of ether oxygens (including phenoxy) is 1. The topological polar surface area (TPSA) is 64.3 Å². The molecule has 0 aliphatic carbocycles. The highest BCUT2D eigenvalue weighted by atomic mass is 35.5. The van der Waals surface area contributed by atoms with E-state index < -0.39 is 0 Å². The maximum absolute atomic E-state index is 11.7. The Hall–Kier alpha value is -2.04. The SMILES string of the molecule is Cc1cccc(COc2cccc(NC(=O)CC(C)N)c2)c1.Cl. The normalized spacial score (nSPS) is 11.3. The molecule has 1 unspecified atom stereocenters. The third-order valence-electron chi connectivity index (χ3n) is 3.11. The van der Waals surface area contributed by atoms with Gasteiger partial charge in [0.15, 0.2) is 0 Å². The summed E-state index contributed by atoms with van der Waals surface area (Å²) in [4.78, 5) is 11.7.